The maximum Gasteiger partial charge on any atom is 0.224 e. The monoisotopic (exact) mass is 357 g/mol. The zero-order chi connectivity index (χ0) is 18.2. The van der Waals surface area contributed by atoms with E-state index in [1.165, 1.54) is 25.7 Å². The summed E-state index contributed by atoms with van der Waals surface area (Å²) in [5.41, 5.74) is 4.14. The van der Waals surface area contributed by atoms with Crippen LogP contribution in [0.15, 0.2) is 48.9 Å². The molecule has 3 aromatic heterocycles. The molecule has 1 fully saturated rings. The van der Waals surface area contributed by atoms with Gasteiger partial charge in [0.1, 0.15) is 5.65 Å². The van der Waals surface area contributed by atoms with E-state index in [0.717, 1.165) is 44.9 Å². The Labute approximate surface area is 158 Å². The summed E-state index contributed by atoms with van der Waals surface area (Å²) in [6.07, 6.45) is 10.7. The molecule has 27 heavy (non-hydrogen) atoms. The van der Waals surface area contributed by atoms with Gasteiger partial charge in [-0.05, 0) is 55.4 Å². The van der Waals surface area contributed by atoms with Gasteiger partial charge in [-0.2, -0.15) is 4.98 Å². The molecule has 5 heteroatoms. The SMILES string of the molecule is CC1CCC(Nc2ncc3c(-c4ccc5ncccc5c4)c[nH]c3n2)CC1. The van der Waals surface area contributed by atoms with Gasteiger partial charge in [-0.1, -0.05) is 19.1 Å². The number of rotatable bonds is 3. The molecule has 5 nitrogen and oxygen atoms in total. The lowest BCUT2D eigenvalue weighted by atomic mass is 9.87. The summed E-state index contributed by atoms with van der Waals surface area (Å²) in [4.78, 5) is 17.0. The van der Waals surface area contributed by atoms with Gasteiger partial charge >= 0.3 is 0 Å². The first-order valence-electron chi connectivity index (χ1n) is 9.72. The van der Waals surface area contributed by atoms with Gasteiger partial charge in [-0.15, -0.1) is 0 Å². The van der Waals surface area contributed by atoms with E-state index < -0.39 is 0 Å². The molecule has 0 aliphatic heterocycles. The molecule has 5 rings (SSSR count). The highest BCUT2D eigenvalue weighted by Gasteiger charge is 2.19. The van der Waals surface area contributed by atoms with Gasteiger partial charge in [0.25, 0.3) is 0 Å². The normalized spacial score (nSPS) is 20.2. The molecule has 136 valence electrons. The Morgan fingerprint density at radius 1 is 1.07 bits per heavy atom. The number of aromatic nitrogens is 4. The molecule has 4 aromatic rings. The van der Waals surface area contributed by atoms with Crippen LogP contribution in [0.5, 0.6) is 0 Å². The molecule has 2 N–H and O–H groups in total. The van der Waals surface area contributed by atoms with Crippen molar-refractivity contribution in [2.24, 2.45) is 5.92 Å². The molecule has 1 aromatic carbocycles. The van der Waals surface area contributed by atoms with Crippen molar-refractivity contribution in [3.63, 3.8) is 0 Å². The quantitative estimate of drug-likeness (QED) is 0.531. The van der Waals surface area contributed by atoms with Crippen molar-refractivity contribution < 1.29 is 0 Å². The molecule has 0 unspecified atom stereocenters. The van der Waals surface area contributed by atoms with Crippen LogP contribution in [0.25, 0.3) is 33.1 Å². The number of pyridine rings is 1. The predicted molar refractivity (Wildman–Crippen MR) is 110 cm³/mol. The Morgan fingerprint density at radius 3 is 2.85 bits per heavy atom. The van der Waals surface area contributed by atoms with Gasteiger partial charge in [-0.25, -0.2) is 4.98 Å². The fourth-order valence-corrected chi connectivity index (χ4v) is 4.05. The second-order valence-electron chi connectivity index (χ2n) is 7.67. The van der Waals surface area contributed by atoms with E-state index in [9.17, 15) is 0 Å². The van der Waals surface area contributed by atoms with Gasteiger partial charge in [0.05, 0.1) is 5.52 Å². The molecule has 1 saturated carbocycles. The number of nitrogens with one attached hydrogen (secondary N) is 2. The van der Waals surface area contributed by atoms with Gasteiger partial charge in [0, 0.05) is 41.0 Å². The van der Waals surface area contributed by atoms with Crippen molar-refractivity contribution in [3.8, 4) is 11.1 Å². The number of fused-ring (bicyclic) bond motifs is 2. The van der Waals surface area contributed by atoms with Crippen molar-refractivity contribution in [3.05, 3.63) is 48.9 Å². The molecule has 0 bridgehead atoms. The van der Waals surface area contributed by atoms with Crippen LogP contribution in [0.1, 0.15) is 32.6 Å². The van der Waals surface area contributed by atoms with Crippen LogP contribution < -0.4 is 5.32 Å². The first kappa shape index (κ1) is 16.2. The third-order valence-electron chi connectivity index (χ3n) is 5.70. The number of nitrogens with zero attached hydrogens (tertiary/aromatic N) is 3. The molecule has 0 amide bonds. The zero-order valence-corrected chi connectivity index (χ0v) is 15.4. The lowest BCUT2D eigenvalue weighted by Crippen LogP contribution is -2.26. The molecule has 0 radical (unpaired) electrons. The van der Waals surface area contributed by atoms with E-state index in [0.29, 0.717) is 6.04 Å². The third-order valence-corrected chi connectivity index (χ3v) is 5.70. The lowest BCUT2D eigenvalue weighted by molar-refractivity contribution is 0.360. The summed E-state index contributed by atoms with van der Waals surface area (Å²) < 4.78 is 0. The van der Waals surface area contributed by atoms with Crippen LogP contribution >= 0.6 is 0 Å². The smallest absolute Gasteiger partial charge is 0.224 e. The van der Waals surface area contributed by atoms with E-state index in [2.05, 4.69) is 51.5 Å². The maximum atomic E-state index is 4.71. The highest BCUT2D eigenvalue weighted by atomic mass is 15.1. The topological polar surface area (TPSA) is 66.5 Å². The minimum atomic E-state index is 0.487. The van der Waals surface area contributed by atoms with E-state index in [1.807, 2.05) is 24.7 Å². The average molecular weight is 357 g/mol. The number of anilines is 1. The summed E-state index contributed by atoms with van der Waals surface area (Å²) in [6.45, 7) is 2.34. The first-order valence-corrected chi connectivity index (χ1v) is 9.72. The Morgan fingerprint density at radius 2 is 1.96 bits per heavy atom. The summed E-state index contributed by atoms with van der Waals surface area (Å²) in [5, 5.41) is 5.69. The summed E-state index contributed by atoms with van der Waals surface area (Å²) in [7, 11) is 0. The number of aromatic amines is 1. The maximum absolute atomic E-state index is 4.71. The van der Waals surface area contributed by atoms with E-state index in [-0.39, 0.29) is 0 Å². The second kappa shape index (κ2) is 6.65. The summed E-state index contributed by atoms with van der Waals surface area (Å²) in [5.74, 6) is 1.56. The van der Waals surface area contributed by atoms with Crippen LogP contribution in [-0.2, 0) is 0 Å². The largest absolute Gasteiger partial charge is 0.351 e. The van der Waals surface area contributed by atoms with Crippen LogP contribution in [0.3, 0.4) is 0 Å². The molecular formula is C22H23N5. The minimum absolute atomic E-state index is 0.487. The highest BCUT2D eigenvalue weighted by molar-refractivity contribution is 5.96. The van der Waals surface area contributed by atoms with Crippen LogP contribution in [0, 0.1) is 5.92 Å². The fourth-order valence-electron chi connectivity index (χ4n) is 4.05. The Balaban J connectivity index is 1.44. The molecular weight excluding hydrogens is 334 g/mol. The van der Waals surface area contributed by atoms with E-state index in [4.69, 9.17) is 4.98 Å². The van der Waals surface area contributed by atoms with Crippen molar-refractivity contribution in [1.82, 2.24) is 19.9 Å². The Hall–Kier alpha value is -2.95. The predicted octanol–water partition coefficient (Wildman–Crippen LogP) is 5.16. The van der Waals surface area contributed by atoms with Crippen molar-refractivity contribution in [2.75, 3.05) is 5.32 Å². The second-order valence-corrected chi connectivity index (χ2v) is 7.67. The molecule has 1 aliphatic rings. The van der Waals surface area contributed by atoms with Gasteiger partial charge in [0.15, 0.2) is 0 Å². The zero-order valence-electron chi connectivity index (χ0n) is 15.4. The Bertz CT molecular complexity index is 1090. The summed E-state index contributed by atoms with van der Waals surface area (Å²) in [6, 6.07) is 10.9. The lowest BCUT2D eigenvalue weighted by Gasteiger charge is -2.26. The van der Waals surface area contributed by atoms with E-state index in [1.54, 1.807) is 0 Å². The standard InChI is InChI=1S/C22H23N5/c1-14-4-7-17(8-5-14)26-22-25-13-19-18(12-24-21(19)27-22)15-6-9-20-16(11-15)3-2-10-23-20/h2-3,6,9-14,17H,4-5,7-8H2,1H3,(H2,24,25,26,27). The number of hydrogen-bond acceptors (Lipinski definition) is 4. The van der Waals surface area contributed by atoms with Crippen molar-refractivity contribution in [1.29, 1.82) is 0 Å². The molecule has 1 aliphatic carbocycles. The Kier molecular flexibility index (Phi) is 4.00. The summed E-state index contributed by atoms with van der Waals surface area (Å²) >= 11 is 0. The number of H-pyrrole nitrogens is 1. The molecule has 0 spiro atoms. The fraction of sp³-hybridized carbons (Fsp3) is 0.318. The molecule has 3 heterocycles. The van der Waals surface area contributed by atoms with Crippen LogP contribution in [-0.4, -0.2) is 26.0 Å². The van der Waals surface area contributed by atoms with Crippen molar-refractivity contribution >= 4 is 27.9 Å². The van der Waals surface area contributed by atoms with Gasteiger partial charge < -0.3 is 10.3 Å². The minimum Gasteiger partial charge on any atom is -0.351 e. The first-order chi connectivity index (χ1) is 13.3. The van der Waals surface area contributed by atoms with E-state index >= 15 is 0 Å². The van der Waals surface area contributed by atoms with Crippen LogP contribution in [0.2, 0.25) is 0 Å². The molecule has 0 saturated heterocycles. The van der Waals surface area contributed by atoms with Gasteiger partial charge in [0.2, 0.25) is 5.95 Å². The van der Waals surface area contributed by atoms with Crippen LogP contribution in [0.4, 0.5) is 5.95 Å². The highest BCUT2D eigenvalue weighted by Crippen LogP contribution is 2.30. The number of benzene rings is 1. The van der Waals surface area contributed by atoms with Gasteiger partial charge in [-0.3, -0.25) is 4.98 Å². The molecule has 0 atom stereocenters. The average Bonchev–Trinajstić information content (AvgIpc) is 3.12. The third kappa shape index (κ3) is 3.14. The number of hydrogen-bond donors (Lipinski definition) is 2. The van der Waals surface area contributed by atoms with Crippen molar-refractivity contribution in [2.45, 2.75) is 38.6 Å².